The van der Waals surface area contributed by atoms with E-state index < -0.39 is 6.04 Å². The van der Waals surface area contributed by atoms with Gasteiger partial charge in [0, 0.05) is 24.0 Å². The fourth-order valence-electron chi connectivity index (χ4n) is 3.41. The smallest absolute Gasteiger partial charge is 0.243 e. The summed E-state index contributed by atoms with van der Waals surface area (Å²) in [6, 6.07) is 14.6. The van der Waals surface area contributed by atoms with Crippen LogP contribution in [-0.4, -0.2) is 35.9 Å². The zero-order valence-corrected chi connectivity index (χ0v) is 19.6. The molecule has 5 nitrogen and oxygen atoms in total. The van der Waals surface area contributed by atoms with E-state index in [1.807, 2.05) is 69.3 Å². The number of hydrogen-bond acceptors (Lipinski definition) is 3. The average Bonchev–Trinajstić information content (AvgIpc) is 2.78. The van der Waals surface area contributed by atoms with Crippen LogP contribution in [0.1, 0.15) is 51.2 Å². The number of hydrogen-bond donors (Lipinski definition) is 1. The summed E-state index contributed by atoms with van der Waals surface area (Å²) < 4.78 is 5.32. The summed E-state index contributed by atoms with van der Waals surface area (Å²) in [5.41, 5.74) is 1.84. The van der Waals surface area contributed by atoms with Crippen LogP contribution in [0.2, 0.25) is 5.02 Å². The second-order valence-electron chi connectivity index (χ2n) is 7.71. The molecule has 2 rings (SSSR count). The van der Waals surface area contributed by atoms with Gasteiger partial charge in [0.1, 0.15) is 11.8 Å². The van der Waals surface area contributed by atoms with Crippen LogP contribution in [0.3, 0.4) is 0 Å². The van der Waals surface area contributed by atoms with Crippen molar-refractivity contribution >= 4 is 23.4 Å². The van der Waals surface area contributed by atoms with Crippen LogP contribution in [0.4, 0.5) is 0 Å². The van der Waals surface area contributed by atoms with Crippen molar-refractivity contribution < 1.29 is 14.3 Å². The first-order valence-corrected chi connectivity index (χ1v) is 11.2. The van der Waals surface area contributed by atoms with Crippen molar-refractivity contribution in [1.29, 1.82) is 0 Å². The van der Waals surface area contributed by atoms with Crippen molar-refractivity contribution in [2.75, 3.05) is 7.11 Å². The van der Waals surface area contributed by atoms with Crippen molar-refractivity contribution in [3.05, 3.63) is 64.7 Å². The third kappa shape index (κ3) is 7.28. The molecule has 0 heterocycles. The SMILES string of the molecule is CC[C@@H](C)NC(=O)[C@@H](CC)N(Cc1cccc(OC)c1)C(=O)CCc1ccccc1Cl. The summed E-state index contributed by atoms with van der Waals surface area (Å²) in [6.45, 7) is 6.26. The predicted octanol–water partition coefficient (Wildman–Crippen LogP) is 5.00. The molecule has 0 aliphatic carbocycles. The maximum atomic E-state index is 13.3. The van der Waals surface area contributed by atoms with E-state index in [1.165, 1.54) is 0 Å². The quantitative estimate of drug-likeness (QED) is 0.530. The van der Waals surface area contributed by atoms with Gasteiger partial charge in [-0.2, -0.15) is 0 Å². The topological polar surface area (TPSA) is 58.6 Å². The van der Waals surface area contributed by atoms with E-state index in [9.17, 15) is 9.59 Å². The number of methoxy groups -OCH3 is 1. The van der Waals surface area contributed by atoms with Crippen molar-refractivity contribution in [2.24, 2.45) is 0 Å². The number of aryl methyl sites for hydroxylation is 1. The van der Waals surface area contributed by atoms with Crippen LogP contribution < -0.4 is 10.1 Å². The Morgan fingerprint density at radius 3 is 2.48 bits per heavy atom. The van der Waals surface area contributed by atoms with E-state index in [1.54, 1.807) is 12.0 Å². The molecule has 0 radical (unpaired) electrons. The van der Waals surface area contributed by atoms with Crippen molar-refractivity contribution in [3.63, 3.8) is 0 Å². The largest absolute Gasteiger partial charge is 0.497 e. The number of nitrogens with zero attached hydrogens (tertiary/aromatic N) is 1. The number of carbonyl (C=O) groups excluding carboxylic acids is 2. The molecule has 0 saturated carbocycles. The van der Waals surface area contributed by atoms with Crippen LogP contribution in [0.5, 0.6) is 5.75 Å². The minimum absolute atomic E-state index is 0.0541. The molecule has 2 amide bonds. The van der Waals surface area contributed by atoms with Crippen LogP contribution in [0, 0.1) is 0 Å². The Labute approximate surface area is 190 Å². The highest BCUT2D eigenvalue weighted by Gasteiger charge is 2.29. The molecule has 0 unspecified atom stereocenters. The molecule has 0 aliphatic rings. The Bertz CT molecular complexity index is 871. The lowest BCUT2D eigenvalue weighted by atomic mass is 10.1. The highest BCUT2D eigenvalue weighted by atomic mass is 35.5. The van der Waals surface area contributed by atoms with Gasteiger partial charge >= 0.3 is 0 Å². The van der Waals surface area contributed by atoms with Crippen molar-refractivity contribution in [3.8, 4) is 5.75 Å². The zero-order valence-electron chi connectivity index (χ0n) is 18.9. The molecule has 31 heavy (non-hydrogen) atoms. The monoisotopic (exact) mass is 444 g/mol. The minimum Gasteiger partial charge on any atom is -0.497 e. The molecule has 2 aromatic rings. The molecular weight excluding hydrogens is 412 g/mol. The molecular formula is C25H33ClN2O3. The molecule has 0 bridgehead atoms. The van der Waals surface area contributed by atoms with E-state index in [2.05, 4.69) is 5.32 Å². The van der Waals surface area contributed by atoms with E-state index in [4.69, 9.17) is 16.3 Å². The molecule has 0 spiro atoms. The molecule has 1 N–H and O–H groups in total. The van der Waals surface area contributed by atoms with Gasteiger partial charge in [0.25, 0.3) is 0 Å². The normalized spacial score (nSPS) is 12.7. The van der Waals surface area contributed by atoms with Gasteiger partial charge in [-0.1, -0.05) is 55.8 Å². The molecule has 0 saturated heterocycles. The lowest BCUT2D eigenvalue weighted by Gasteiger charge is -2.31. The van der Waals surface area contributed by atoms with Gasteiger partial charge in [-0.05, 0) is 55.5 Å². The molecule has 0 fully saturated rings. The van der Waals surface area contributed by atoms with Gasteiger partial charge in [0.2, 0.25) is 11.8 Å². The highest BCUT2D eigenvalue weighted by Crippen LogP contribution is 2.21. The predicted molar refractivity (Wildman–Crippen MR) is 125 cm³/mol. The third-order valence-corrected chi connectivity index (χ3v) is 5.81. The van der Waals surface area contributed by atoms with Gasteiger partial charge in [-0.3, -0.25) is 9.59 Å². The van der Waals surface area contributed by atoms with Crippen molar-refractivity contribution in [2.45, 2.75) is 65.1 Å². The first-order chi connectivity index (χ1) is 14.9. The molecule has 168 valence electrons. The van der Waals surface area contributed by atoms with Gasteiger partial charge in [-0.25, -0.2) is 0 Å². The first kappa shape index (κ1) is 24.7. The Hall–Kier alpha value is -2.53. The Morgan fingerprint density at radius 1 is 1.10 bits per heavy atom. The average molecular weight is 445 g/mol. The summed E-state index contributed by atoms with van der Waals surface area (Å²) in [7, 11) is 1.61. The molecule has 2 atom stereocenters. The number of nitrogens with one attached hydrogen (secondary N) is 1. The lowest BCUT2D eigenvalue weighted by molar-refractivity contribution is -0.141. The van der Waals surface area contributed by atoms with Crippen LogP contribution in [0.25, 0.3) is 0 Å². The summed E-state index contributed by atoms with van der Waals surface area (Å²) in [6.07, 6.45) is 2.17. The number of rotatable bonds is 11. The maximum Gasteiger partial charge on any atom is 0.243 e. The van der Waals surface area contributed by atoms with E-state index >= 15 is 0 Å². The maximum absolute atomic E-state index is 13.3. The Balaban J connectivity index is 2.25. The van der Waals surface area contributed by atoms with Gasteiger partial charge in [0.05, 0.1) is 7.11 Å². The molecule has 2 aromatic carbocycles. The van der Waals surface area contributed by atoms with E-state index in [0.29, 0.717) is 24.4 Å². The molecule has 6 heteroatoms. The summed E-state index contributed by atoms with van der Waals surface area (Å²) in [4.78, 5) is 28.0. The lowest BCUT2D eigenvalue weighted by Crippen LogP contribution is -2.50. The zero-order chi connectivity index (χ0) is 22.8. The van der Waals surface area contributed by atoms with Crippen LogP contribution in [-0.2, 0) is 22.6 Å². The van der Waals surface area contributed by atoms with Gasteiger partial charge in [0.15, 0.2) is 0 Å². The van der Waals surface area contributed by atoms with E-state index in [-0.39, 0.29) is 24.3 Å². The molecule has 0 aliphatic heterocycles. The summed E-state index contributed by atoms with van der Waals surface area (Å²) in [5, 5.41) is 3.68. The third-order valence-electron chi connectivity index (χ3n) is 5.44. The second-order valence-corrected chi connectivity index (χ2v) is 8.11. The van der Waals surface area contributed by atoms with E-state index in [0.717, 1.165) is 23.3 Å². The Kier molecular flexibility index (Phi) is 9.86. The van der Waals surface area contributed by atoms with Crippen molar-refractivity contribution in [1.82, 2.24) is 10.2 Å². The standard InChI is InChI=1S/C25H33ClN2O3/c1-5-18(3)27-25(30)23(6-2)28(17-19-10-9-12-21(16-19)31-4)24(29)15-14-20-11-7-8-13-22(20)26/h7-13,16,18,23H,5-6,14-15,17H2,1-4H3,(H,27,30)/t18-,23-/m1/s1. The van der Waals surface area contributed by atoms with Crippen LogP contribution in [0.15, 0.2) is 48.5 Å². The summed E-state index contributed by atoms with van der Waals surface area (Å²) in [5.74, 6) is 0.526. The fourth-order valence-corrected chi connectivity index (χ4v) is 3.64. The highest BCUT2D eigenvalue weighted by molar-refractivity contribution is 6.31. The van der Waals surface area contributed by atoms with Gasteiger partial charge < -0.3 is 15.0 Å². The number of halogens is 1. The number of carbonyl (C=O) groups is 2. The number of amides is 2. The minimum atomic E-state index is -0.543. The Morgan fingerprint density at radius 2 is 1.84 bits per heavy atom. The first-order valence-electron chi connectivity index (χ1n) is 10.9. The molecule has 0 aromatic heterocycles. The number of ether oxygens (including phenoxy) is 1. The number of benzene rings is 2. The van der Waals surface area contributed by atoms with Gasteiger partial charge in [-0.15, -0.1) is 0 Å². The fraction of sp³-hybridized carbons (Fsp3) is 0.440. The second kappa shape index (κ2) is 12.4. The summed E-state index contributed by atoms with van der Waals surface area (Å²) >= 11 is 6.26. The van der Waals surface area contributed by atoms with Crippen LogP contribution >= 0.6 is 11.6 Å².